The SMILES string of the molecule is CCCOC(=O)c1cc(OCc2ccccc2)c(OCc2ccccc2)c(OCc2ccccc2)c1C#CCNC(=O)OC(C)(C)C. The molecule has 0 saturated carbocycles. The summed E-state index contributed by atoms with van der Waals surface area (Å²) in [6.07, 6.45) is 0.0333. The minimum atomic E-state index is -0.660. The Labute approximate surface area is 277 Å². The molecular formula is C39H41NO7. The molecule has 0 atom stereocenters. The summed E-state index contributed by atoms with van der Waals surface area (Å²) in [5.41, 5.74) is 2.51. The zero-order valence-electron chi connectivity index (χ0n) is 27.3. The topological polar surface area (TPSA) is 92.3 Å². The van der Waals surface area contributed by atoms with Gasteiger partial charge in [-0.1, -0.05) is 110 Å². The van der Waals surface area contributed by atoms with E-state index in [1.807, 2.05) is 97.9 Å². The molecular weight excluding hydrogens is 594 g/mol. The second-order valence-electron chi connectivity index (χ2n) is 11.6. The molecule has 0 saturated heterocycles. The van der Waals surface area contributed by atoms with E-state index in [2.05, 4.69) is 17.2 Å². The van der Waals surface area contributed by atoms with Gasteiger partial charge in [-0.3, -0.25) is 0 Å². The molecule has 0 fully saturated rings. The van der Waals surface area contributed by atoms with Crippen molar-refractivity contribution < 1.29 is 33.3 Å². The van der Waals surface area contributed by atoms with Gasteiger partial charge in [0.25, 0.3) is 0 Å². The first kappa shape index (κ1) is 34.5. The molecule has 0 aliphatic carbocycles. The highest BCUT2D eigenvalue weighted by atomic mass is 16.6. The minimum absolute atomic E-state index is 0.0387. The van der Waals surface area contributed by atoms with E-state index in [1.54, 1.807) is 26.8 Å². The van der Waals surface area contributed by atoms with E-state index in [-0.39, 0.29) is 55.6 Å². The van der Waals surface area contributed by atoms with Crippen molar-refractivity contribution >= 4 is 12.1 Å². The number of benzene rings is 4. The maximum atomic E-state index is 13.5. The molecule has 0 aliphatic heterocycles. The van der Waals surface area contributed by atoms with E-state index >= 15 is 0 Å². The lowest BCUT2D eigenvalue weighted by molar-refractivity contribution is 0.0500. The van der Waals surface area contributed by atoms with Gasteiger partial charge in [0, 0.05) is 6.07 Å². The Bertz CT molecular complexity index is 1650. The fourth-order valence-corrected chi connectivity index (χ4v) is 4.31. The van der Waals surface area contributed by atoms with Crippen LogP contribution >= 0.6 is 0 Å². The summed E-state index contributed by atoms with van der Waals surface area (Å²) in [6.45, 7) is 8.02. The quantitative estimate of drug-likeness (QED) is 0.118. The van der Waals surface area contributed by atoms with Crippen molar-refractivity contribution in [1.82, 2.24) is 5.32 Å². The predicted octanol–water partition coefficient (Wildman–Crippen LogP) is 7.87. The van der Waals surface area contributed by atoms with Gasteiger partial charge in [0.15, 0.2) is 11.5 Å². The zero-order chi connectivity index (χ0) is 33.5. The van der Waals surface area contributed by atoms with Crippen LogP contribution in [0.15, 0.2) is 97.1 Å². The average molecular weight is 636 g/mol. The van der Waals surface area contributed by atoms with Crippen LogP contribution in [0.4, 0.5) is 4.79 Å². The molecule has 1 N–H and O–H groups in total. The van der Waals surface area contributed by atoms with Gasteiger partial charge in [0.2, 0.25) is 5.75 Å². The van der Waals surface area contributed by atoms with Crippen molar-refractivity contribution in [2.24, 2.45) is 0 Å². The molecule has 0 spiro atoms. The van der Waals surface area contributed by atoms with Crippen molar-refractivity contribution in [3.8, 4) is 29.1 Å². The van der Waals surface area contributed by atoms with Crippen molar-refractivity contribution in [3.05, 3.63) is 125 Å². The van der Waals surface area contributed by atoms with Crippen molar-refractivity contribution in [1.29, 1.82) is 0 Å². The molecule has 4 rings (SSSR count). The minimum Gasteiger partial charge on any atom is -0.485 e. The maximum Gasteiger partial charge on any atom is 0.408 e. The van der Waals surface area contributed by atoms with Crippen LogP contribution in [0.25, 0.3) is 0 Å². The molecule has 8 heteroatoms. The number of esters is 1. The van der Waals surface area contributed by atoms with Crippen molar-refractivity contribution in [2.45, 2.75) is 59.5 Å². The fourth-order valence-electron chi connectivity index (χ4n) is 4.31. The number of alkyl carbamates (subject to hydrolysis) is 1. The molecule has 0 aliphatic rings. The van der Waals surface area contributed by atoms with E-state index in [9.17, 15) is 9.59 Å². The Balaban J connectivity index is 1.82. The number of hydrogen-bond acceptors (Lipinski definition) is 7. The number of rotatable bonds is 13. The Hall–Kier alpha value is -5.42. The number of carbonyl (C=O) groups is 2. The average Bonchev–Trinajstić information content (AvgIpc) is 3.07. The van der Waals surface area contributed by atoms with Crippen LogP contribution in [0, 0.1) is 11.8 Å². The first-order valence-corrected chi connectivity index (χ1v) is 15.6. The normalized spacial score (nSPS) is 10.6. The molecule has 0 radical (unpaired) electrons. The van der Waals surface area contributed by atoms with Crippen LogP contribution in [0.2, 0.25) is 0 Å². The predicted molar refractivity (Wildman–Crippen MR) is 180 cm³/mol. The molecule has 0 heterocycles. The Kier molecular flexibility index (Phi) is 12.7. The highest BCUT2D eigenvalue weighted by Crippen LogP contribution is 2.44. The summed E-state index contributed by atoms with van der Waals surface area (Å²) in [7, 11) is 0. The second-order valence-corrected chi connectivity index (χ2v) is 11.6. The van der Waals surface area contributed by atoms with Crippen LogP contribution < -0.4 is 19.5 Å². The molecule has 0 bridgehead atoms. The van der Waals surface area contributed by atoms with Crippen LogP contribution in [0.5, 0.6) is 17.2 Å². The number of ether oxygens (including phenoxy) is 5. The van der Waals surface area contributed by atoms with Crippen LogP contribution in [0.3, 0.4) is 0 Å². The maximum absolute atomic E-state index is 13.5. The third-order valence-corrected chi connectivity index (χ3v) is 6.48. The van der Waals surface area contributed by atoms with Crippen LogP contribution in [0.1, 0.15) is 66.7 Å². The third kappa shape index (κ3) is 11.2. The highest BCUT2D eigenvalue weighted by molar-refractivity contribution is 5.95. The Morgan fingerprint density at radius 3 is 1.74 bits per heavy atom. The first-order chi connectivity index (χ1) is 22.7. The summed E-state index contributed by atoms with van der Waals surface area (Å²) in [4.78, 5) is 25.8. The van der Waals surface area contributed by atoms with Crippen molar-refractivity contribution in [2.75, 3.05) is 13.2 Å². The van der Waals surface area contributed by atoms with Crippen LogP contribution in [-0.2, 0) is 29.3 Å². The van der Waals surface area contributed by atoms with Gasteiger partial charge in [0.05, 0.1) is 24.3 Å². The largest absolute Gasteiger partial charge is 0.485 e. The van der Waals surface area contributed by atoms with Crippen LogP contribution in [-0.4, -0.2) is 30.8 Å². The summed E-state index contributed by atoms with van der Waals surface area (Å²) in [5, 5.41) is 2.63. The van der Waals surface area contributed by atoms with E-state index in [4.69, 9.17) is 23.7 Å². The zero-order valence-corrected chi connectivity index (χ0v) is 27.3. The van der Waals surface area contributed by atoms with Gasteiger partial charge in [-0.2, -0.15) is 0 Å². The molecule has 244 valence electrons. The van der Waals surface area contributed by atoms with E-state index in [0.717, 1.165) is 16.7 Å². The second kappa shape index (κ2) is 17.3. The first-order valence-electron chi connectivity index (χ1n) is 15.6. The van der Waals surface area contributed by atoms with Gasteiger partial charge in [-0.05, 0) is 43.9 Å². The number of nitrogens with one attached hydrogen (secondary N) is 1. The van der Waals surface area contributed by atoms with E-state index < -0.39 is 17.7 Å². The third-order valence-electron chi connectivity index (χ3n) is 6.48. The van der Waals surface area contributed by atoms with Gasteiger partial charge in [-0.25, -0.2) is 9.59 Å². The van der Waals surface area contributed by atoms with Crippen molar-refractivity contribution in [3.63, 3.8) is 0 Å². The molecule has 47 heavy (non-hydrogen) atoms. The summed E-state index contributed by atoms with van der Waals surface area (Å²) < 4.78 is 30.1. The van der Waals surface area contributed by atoms with E-state index in [1.165, 1.54) is 0 Å². The van der Waals surface area contributed by atoms with Gasteiger partial charge >= 0.3 is 12.1 Å². The fraction of sp³-hybridized carbons (Fsp3) is 0.282. The standard InChI is InChI=1S/C39H41NO7/c1-5-24-43-37(41)33-25-34(44-26-29-16-9-6-10-17-29)36(46-28-31-20-13-8-14-21-31)35(45-27-30-18-11-7-12-19-30)32(33)22-15-23-40-38(42)47-39(2,3)4/h6-14,16-21,25H,5,23-24,26-28H2,1-4H3,(H,40,42). The number of amides is 1. The summed E-state index contributed by atoms with van der Waals surface area (Å²) in [5.74, 6) is 6.22. The molecule has 0 unspecified atom stereocenters. The Morgan fingerprint density at radius 1 is 0.723 bits per heavy atom. The molecule has 4 aromatic carbocycles. The lowest BCUT2D eigenvalue weighted by Crippen LogP contribution is -2.32. The van der Waals surface area contributed by atoms with Gasteiger partial charge in [0.1, 0.15) is 25.4 Å². The smallest absolute Gasteiger partial charge is 0.408 e. The lowest BCUT2D eigenvalue weighted by Gasteiger charge is -2.21. The molecule has 1 amide bonds. The van der Waals surface area contributed by atoms with Gasteiger partial charge < -0.3 is 29.0 Å². The molecule has 8 nitrogen and oxygen atoms in total. The van der Waals surface area contributed by atoms with Gasteiger partial charge in [-0.15, -0.1) is 0 Å². The summed E-state index contributed by atoms with van der Waals surface area (Å²) >= 11 is 0. The molecule has 0 aromatic heterocycles. The number of hydrogen-bond donors (Lipinski definition) is 1. The lowest BCUT2D eigenvalue weighted by atomic mass is 10.0. The summed E-state index contributed by atoms with van der Waals surface area (Å²) in [6, 6.07) is 30.6. The molecule has 4 aromatic rings. The highest BCUT2D eigenvalue weighted by Gasteiger charge is 2.26. The Morgan fingerprint density at radius 2 is 1.23 bits per heavy atom. The number of carbonyl (C=O) groups excluding carboxylic acids is 2. The van der Waals surface area contributed by atoms with E-state index in [0.29, 0.717) is 12.2 Å². The monoisotopic (exact) mass is 635 g/mol.